The minimum Gasteiger partial charge on any atom is -0.463 e. The van der Waals surface area contributed by atoms with E-state index in [0.29, 0.717) is 26.4 Å². The third kappa shape index (κ3) is 5.44. The van der Waals surface area contributed by atoms with Gasteiger partial charge < -0.3 is 19.5 Å². The molecule has 1 N–H and O–H groups in total. The van der Waals surface area contributed by atoms with Crippen molar-refractivity contribution in [2.45, 2.75) is 12.8 Å². The molecular weight excluding hydrogens is 210 g/mol. The summed E-state index contributed by atoms with van der Waals surface area (Å²) in [6.45, 7) is 3.63. The zero-order valence-electron chi connectivity index (χ0n) is 9.87. The summed E-state index contributed by atoms with van der Waals surface area (Å²) < 4.78 is 15.1. The van der Waals surface area contributed by atoms with E-state index in [1.807, 2.05) is 0 Å². The zero-order valence-corrected chi connectivity index (χ0v) is 9.87. The quantitative estimate of drug-likeness (QED) is 0.501. The van der Waals surface area contributed by atoms with Crippen LogP contribution in [-0.4, -0.2) is 52.6 Å². The molecule has 0 aliphatic carbocycles. The van der Waals surface area contributed by atoms with E-state index in [1.165, 1.54) is 0 Å². The van der Waals surface area contributed by atoms with Crippen LogP contribution in [0, 0.1) is 5.92 Å². The first-order chi connectivity index (χ1) is 7.84. The van der Waals surface area contributed by atoms with Crippen LogP contribution in [0.2, 0.25) is 0 Å². The maximum Gasteiger partial charge on any atom is 0.310 e. The van der Waals surface area contributed by atoms with Crippen LogP contribution < -0.4 is 5.32 Å². The smallest absolute Gasteiger partial charge is 0.310 e. The summed E-state index contributed by atoms with van der Waals surface area (Å²) in [5.74, 6) is -0.0877. The van der Waals surface area contributed by atoms with E-state index in [9.17, 15) is 4.79 Å². The summed E-state index contributed by atoms with van der Waals surface area (Å²) in [6.07, 6.45) is 1.97. The summed E-state index contributed by atoms with van der Waals surface area (Å²) in [5.41, 5.74) is 0. The molecule has 16 heavy (non-hydrogen) atoms. The molecule has 94 valence electrons. The van der Waals surface area contributed by atoms with Crippen molar-refractivity contribution in [3.05, 3.63) is 0 Å². The highest BCUT2D eigenvalue weighted by molar-refractivity contribution is 5.72. The first-order valence-corrected chi connectivity index (χ1v) is 5.78. The molecule has 1 rings (SSSR count). The maximum absolute atomic E-state index is 11.5. The predicted molar refractivity (Wildman–Crippen MR) is 59.2 cm³/mol. The molecule has 0 bridgehead atoms. The van der Waals surface area contributed by atoms with Crippen LogP contribution in [-0.2, 0) is 19.0 Å². The highest BCUT2D eigenvalue weighted by Gasteiger charge is 2.21. The third-order valence-electron chi connectivity index (χ3n) is 2.53. The second-order valence-electron chi connectivity index (χ2n) is 3.82. The first-order valence-electron chi connectivity index (χ1n) is 5.78. The van der Waals surface area contributed by atoms with E-state index < -0.39 is 0 Å². The Morgan fingerprint density at radius 1 is 1.31 bits per heavy atom. The van der Waals surface area contributed by atoms with Crippen LogP contribution in [0.4, 0.5) is 0 Å². The van der Waals surface area contributed by atoms with Gasteiger partial charge in [0.05, 0.1) is 25.7 Å². The molecule has 0 aromatic rings. The number of methoxy groups -OCH3 is 1. The summed E-state index contributed by atoms with van der Waals surface area (Å²) >= 11 is 0. The van der Waals surface area contributed by atoms with Crippen molar-refractivity contribution < 1.29 is 19.0 Å². The van der Waals surface area contributed by atoms with E-state index in [2.05, 4.69) is 5.32 Å². The number of carbonyl (C=O) groups excluding carboxylic acids is 1. The molecule has 1 saturated heterocycles. The van der Waals surface area contributed by atoms with E-state index in [1.54, 1.807) is 7.11 Å². The molecule has 0 saturated carbocycles. The standard InChI is InChI=1S/C11H21NO4/c1-14-5-6-15-7-8-16-11(13)10-3-2-4-12-9-10/h10,12H,2-9H2,1H3/t10-/m1/s1. The number of hydrogen-bond acceptors (Lipinski definition) is 5. The van der Waals surface area contributed by atoms with Crippen LogP contribution in [0.1, 0.15) is 12.8 Å². The molecule has 0 aromatic heterocycles. The van der Waals surface area contributed by atoms with Crippen LogP contribution in [0.5, 0.6) is 0 Å². The first kappa shape index (κ1) is 13.4. The van der Waals surface area contributed by atoms with Crippen LogP contribution in [0.3, 0.4) is 0 Å². The Kier molecular flexibility index (Phi) is 7.12. The molecule has 1 aliphatic rings. The number of rotatable bonds is 7. The monoisotopic (exact) mass is 231 g/mol. The second-order valence-corrected chi connectivity index (χ2v) is 3.82. The van der Waals surface area contributed by atoms with Crippen molar-refractivity contribution in [3.8, 4) is 0 Å². The van der Waals surface area contributed by atoms with Crippen molar-refractivity contribution in [3.63, 3.8) is 0 Å². The van der Waals surface area contributed by atoms with Crippen molar-refractivity contribution in [1.82, 2.24) is 5.32 Å². The topological polar surface area (TPSA) is 56.8 Å². The van der Waals surface area contributed by atoms with Gasteiger partial charge in [-0.2, -0.15) is 0 Å². The summed E-state index contributed by atoms with van der Waals surface area (Å²) in [5, 5.41) is 3.19. The predicted octanol–water partition coefficient (Wildman–Crippen LogP) is 0.192. The van der Waals surface area contributed by atoms with E-state index in [-0.39, 0.29) is 11.9 Å². The fourth-order valence-corrected chi connectivity index (χ4v) is 1.62. The maximum atomic E-state index is 11.5. The van der Waals surface area contributed by atoms with Gasteiger partial charge in [-0.1, -0.05) is 0 Å². The Morgan fingerprint density at radius 2 is 2.12 bits per heavy atom. The van der Waals surface area contributed by atoms with Crippen molar-refractivity contribution >= 4 is 5.97 Å². The van der Waals surface area contributed by atoms with Gasteiger partial charge in [-0.25, -0.2) is 0 Å². The molecule has 1 aliphatic heterocycles. The highest BCUT2D eigenvalue weighted by Crippen LogP contribution is 2.11. The summed E-state index contributed by atoms with van der Waals surface area (Å²) in [4.78, 5) is 11.5. The largest absolute Gasteiger partial charge is 0.463 e. The number of ether oxygens (including phenoxy) is 3. The van der Waals surface area contributed by atoms with Gasteiger partial charge in [0.25, 0.3) is 0 Å². The lowest BCUT2D eigenvalue weighted by Crippen LogP contribution is -2.35. The molecule has 0 spiro atoms. The van der Waals surface area contributed by atoms with Gasteiger partial charge in [0.1, 0.15) is 6.61 Å². The molecule has 5 heteroatoms. The van der Waals surface area contributed by atoms with Crippen molar-refractivity contribution in [2.24, 2.45) is 5.92 Å². The number of hydrogen-bond donors (Lipinski definition) is 1. The molecule has 1 heterocycles. The number of nitrogens with one attached hydrogen (secondary N) is 1. The van der Waals surface area contributed by atoms with Crippen molar-refractivity contribution in [1.29, 1.82) is 0 Å². The molecule has 1 atom stereocenters. The van der Waals surface area contributed by atoms with Crippen molar-refractivity contribution in [2.75, 3.05) is 46.6 Å². The second kappa shape index (κ2) is 8.50. The Hall–Kier alpha value is -0.650. The Morgan fingerprint density at radius 3 is 2.81 bits per heavy atom. The van der Waals surface area contributed by atoms with E-state index in [0.717, 1.165) is 25.9 Å². The molecule has 0 unspecified atom stereocenters. The lowest BCUT2D eigenvalue weighted by atomic mass is 10.0. The van der Waals surface area contributed by atoms with Gasteiger partial charge in [-0.3, -0.25) is 4.79 Å². The fraction of sp³-hybridized carbons (Fsp3) is 0.909. The van der Waals surface area contributed by atoms with Gasteiger partial charge in [0.2, 0.25) is 0 Å². The Balaban J connectivity index is 1.97. The lowest BCUT2D eigenvalue weighted by molar-refractivity contribution is -0.150. The third-order valence-corrected chi connectivity index (χ3v) is 2.53. The van der Waals surface area contributed by atoms with Gasteiger partial charge >= 0.3 is 5.97 Å². The normalized spacial score (nSPS) is 20.7. The van der Waals surface area contributed by atoms with Crippen LogP contribution in [0.25, 0.3) is 0 Å². The van der Waals surface area contributed by atoms with E-state index in [4.69, 9.17) is 14.2 Å². The summed E-state index contributed by atoms with van der Waals surface area (Å²) in [6, 6.07) is 0. The Labute approximate surface area is 96.4 Å². The van der Waals surface area contributed by atoms with Crippen LogP contribution in [0.15, 0.2) is 0 Å². The van der Waals surface area contributed by atoms with Gasteiger partial charge in [-0.15, -0.1) is 0 Å². The van der Waals surface area contributed by atoms with E-state index >= 15 is 0 Å². The Bertz CT molecular complexity index is 192. The molecular formula is C11H21NO4. The molecule has 0 radical (unpaired) electrons. The molecule has 0 aromatic carbocycles. The average Bonchev–Trinajstić information content (AvgIpc) is 2.34. The van der Waals surface area contributed by atoms with Gasteiger partial charge in [0, 0.05) is 13.7 Å². The highest BCUT2D eigenvalue weighted by atomic mass is 16.6. The average molecular weight is 231 g/mol. The molecule has 1 fully saturated rings. The lowest BCUT2D eigenvalue weighted by Gasteiger charge is -2.21. The SMILES string of the molecule is COCCOCCOC(=O)[C@@H]1CCCNC1. The minimum absolute atomic E-state index is 0.0210. The zero-order chi connectivity index (χ0) is 11.6. The molecule has 5 nitrogen and oxygen atoms in total. The van der Waals surface area contributed by atoms with Gasteiger partial charge in [0.15, 0.2) is 0 Å². The number of carbonyl (C=O) groups is 1. The fourth-order valence-electron chi connectivity index (χ4n) is 1.62. The number of piperidine rings is 1. The minimum atomic E-state index is -0.109. The van der Waals surface area contributed by atoms with Gasteiger partial charge in [-0.05, 0) is 19.4 Å². The number of esters is 1. The summed E-state index contributed by atoms with van der Waals surface area (Å²) in [7, 11) is 1.62. The van der Waals surface area contributed by atoms with Crippen LogP contribution >= 0.6 is 0 Å². The molecule has 0 amide bonds.